The highest BCUT2D eigenvalue weighted by molar-refractivity contribution is 7.07. The van der Waals surface area contributed by atoms with Crippen molar-refractivity contribution in [2.75, 3.05) is 0 Å². The van der Waals surface area contributed by atoms with Crippen LogP contribution in [0.5, 0.6) is 0 Å². The van der Waals surface area contributed by atoms with Crippen LogP contribution in [-0.4, -0.2) is 15.7 Å². The number of nitrogens with zero attached hydrogens (tertiary/aromatic N) is 1. The van der Waals surface area contributed by atoms with Crippen LogP contribution in [0.3, 0.4) is 0 Å². The molecule has 0 saturated heterocycles. The first-order chi connectivity index (χ1) is 12.4. The van der Waals surface area contributed by atoms with Gasteiger partial charge in [0.05, 0.1) is 14.1 Å². The van der Waals surface area contributed by atoms with Gasteiger partial charge >= 0.3 is 0 Å². The first kappa shape index (κ1) is 17.8. The Balaban J connectivity index is 1.93. The lowest BCUT2D eigenvalue weighted by Crippen LogP contribution is -2.20. The summed E-state index contributed by atoms with van der Waals surface area (Å²) in [6.07, 6.45) is 2.96. The highest BCUT2D eigenvalue weighted by Gasteiger charge is 2.05. The van der Waals surface area contributed by atoms with Crippen LogP contribution in [0, 0.1) is 10.1 Å². The Morgan fingerprint density at radius 2 is 1.77 bits per heavy atom. The molecular formula is C18H11ClN2O4S. The number of Topliss-reactive ketones (excluding diaryl/α,β-unsaturated/α-hetero) is 1. The first-order valence-electron chi connectivity index (χ1n) is 7.39. The number of hydrogen-bond acceptors (Lipinski definition) is 5. The van der Waals surface area contributed by atoms with Crippen molar-refractivity contribution in [3.8, 4) is 0 Å². The number of H-pyrrole nitrogens is 1. The Morgan fingerprint density at radius 3 is 2.38 bits per heavy atom. The molecule has 0 bridgehead atoms. The molecule has 0 spiro atoms. The zero-order valence-electron chi connectivity index (χ0n) is 13.1. The van der Waals surface area contributed by atoms with Crippen LogP contribution in [0.25, 0.3) is 12.2 Å². The molecular weight excluding hydrogens is 376 g/mol. The smallest absolute Gasteiger partial charge is 0.269 e. The van der Waals surface area contributed by atoms with Gasteiger partial charge in [0.15, 0.2) is 5.78 Å². The summed E-state index contributed by atoms with van der Waals surface area (Å²) in [5.74, 6) is -0.249. The number of nitro benzene ring substituents is 1. The van der Waals surface area contributed by atoms with Gasteiger partial charge in [-0.25, -0.2) is 0 Å². The van der Waals surface area contributed by atoms with Crippen molar-refractivity contribution in [2.24, 2.45) is 0 Å². The lowest BCUT2D eigenvalue weighted by molar-refractivity contribution is -0.384. The molecule has 0 aliphatic heterocycles. The highest BCUT2D eigenvalue weighted by atomic mass is 35.5. The van der Waals surface area contributed by atoms with E-state index in [4.69, 9.17) is 11.6 Å². The standard InChI is InChI=1S/C18H11ClN2O4S/c19-13-5-3-12(4-6-13)15(22)10-17-20-18(23)16(26-17)9-11-1-7-14(8-2-11)21(24)25/h1-10H,(H,20,23). The quantitative estimate of drug-likeness (QED) is 0.423. The van der Waals surface area contributed by atoms with Crippen molar-refractivity contribution in [3.63, 3.8) is 0 Å². The third-order valence-electron chi connectivity index (χ3n) is 3.47. The van der Waals surface area contributed by atoms with Gasteiger partial charge in [-0.1, -0.05) is 11.6 Å². The van der Waals surface area contributed by atoms with Gasteiger partial charge in [-0.15, -0.1) is 11.3 Å². The number of aromatic nitrogens is 1. The molecule has 3 rings (SSSR count). The summed E-state index contributed by atoms with van der Waals surface area (Å²) >= 11 is 6.93. The van der Waals surface area contributed by atoms with Crippen molar-refractivity contribution in [2.45, 2.75) is 0 Å². The van der Waals surface area contributed by atoms with E-state index in [2.05, 4.69) is 4.98 Å². The highest BCUT2D eigenvalue weighted by Crippen LogP contribution is 2.12. The van der Waals surface area contributed by atoms with Crippen LogP contribution in [0.15, 0.2) is 53.3 Å². The summed E-state index contributed by atoms with van der Waals surface area (Å²) in [5, 5.41) is 11.2. The number of carbonyl (C=O) groups is 1. The third-order valence-corrected chi connectivity index (χ3v) is 4.69. The average molecular weight is 387 g/mol. The summed E-state index contributed by atoms with van der Waals surface area (Å²) in [5.41, 5.74) is 0.761. The molecule has 6 nitrogen and oxygen atoms in total. The fourth-order valence-corrected chi connectivity index (χ4v) is 3.20. The lowest BCUT2D eigenvalue weighted by atomic mass is 10.1. The molecule has 0 unspecified atom stereocenters. The van der Waals surface area contributed by atoms with E-state index < -0.39 is 4.92 Å². The summed E-state index contributed by atoms with van der Waals surface area (Å²) in [6.45, 7) is 0. The molecule has 0 amide bonds. The van der Waals surface area contributed by atoms with Crippen LogP contribution in [0.1, 0.15) is 15.9 Å². The summed E-state index contributed by atoms with van der Waals surface area (Å²) in [4.78, 5) is 37.1. The van der Waals surface area contributed by atoms with Gasteiger partial charge in [-0.05, 0) is 48.0 Å². The van der Waals surface area contributed by atoms with Crippen molar-refractivity contribution in [1.29, 1.82) is 0 Å². The number of aromatic amines is 1. The van der Waals surface area contributed by atoms with Gasteiger partial charge in [0.1, 0.15) is 0 Å². The molecule has 0 saturated carbocycles. The molecule has 8 heteroatoms. The molecule has 0 radical (unpaired) electrons. The van der Waals surface area contributed by atoms with Gasteiger partial charge in [0.25, 0.3) is 11.2 Å². The molecule has 0 atom stereocenters. The Labute approximate surface area is 155 Å². The van der Waals surface area contributed by atoms with E-state index in [0.29, 0.717) is 25.3 Å². The number of nitro groups is 1. The second-order valence-corrected chi connectivity index (χ2v) is 6.81. The maximum absolute atomic E-state index is 12.2. The predicted octanol–water partition coefficient (Wildman–Crippen LogP) is 2.49. The van der Waals surface area contributed by atoms with E-state index >= 15 is 0 Å². The fourth-order valence-electron chi connectivity index (χ4n) is 2.18. The number of carbonyl (C=O) groups excluding carboxylic acids is 1. The number of hydrogen-bond donors (Lipinski definition) is 1. The minimum atomic E-state index is -0.489. The monoisotopic (exact) mass is 386 g/mol. The van der Waals surface area contributed by atoms with E-state index in [9.17, 15) is 19.7 Å². The molecule has 130 valence electrons. The minimum absolute atomic E-state index is 0.0233. The van der Waals surface area contributed by atoms with E-state index in [1.807, 2.05) is 0 Å². The summed E-state index contributed by atoms with van der Waals surface area (Å²) in [7, 11) is 0. The molecule has 1 N–H and O–H groups in total. The Kier molecular flexibility index (Phi) is 5.11. The molecule has 1 aromatic heterocycles. The predicted molar refractivity (Wildman–Crippen MR) is 101 cm³/mol. The maximum Gasteiger partial charge on any atom is 0.269 e. The van der Waals surface area contributed by atoms with Crippen LogP contribution in [-0.2, 0) is 0 Å². The zero-order valence-corrected chi connectivity index (χ0v) is 14.7. The minimum Gasteiger partial charge on any atom is -0.313 e. The third kappa shape index (κ3) is 4.14. The molecule has 26 heavy (non-hydrogen) atoms. The molecule has 3 aromatic rings. The SMILES string of the molecule is O=C(C=c1[nH]c(=O)c(=Cc2ccc([N+](=O)[O-])cc2)s1)c1ccc(Cl)cc1. The van der Waals surface area contributed by atoms with E-state index in [0.717, 1.165) is 11.3 Å². The van der Waals surface area contributed by atoms with Crippen molar-refractivity contribution < 1.29 is 9.72 Å². The van der Waals surface area contributed by atoms with Crippen molar-refractivity contribution in [1.82, 2.24) is 4.98 Å². The van der Waals surface area contributed by atoms with Gasteiger partial charge < -0.3 is 4.98 Å². The zero-order chi connectivity index (χ0) is 18.7. The summed E-state index contributed by atoms with van der Waals surface area (Å²) in [6, 6.07) is 12.3. The van der Waals surface area contributed by atoms with Gasteiger partial charge in [0, 0.05) is 28.8 Å². The molecule has 0 aliphatic carbocycles. The van der Waals surface area contributed by atoms with Crippen LogP contribution >= 0.6 is 22.9 Å². The van der Waals surface area contributed by atoms with Crippen molar-refractivity contribution >= 4 is 46.6 Å². The number of rotatable bonds is 4. The van der Waals surface area contributed by atoms with Crippen LogP contribution in [0.2, 0.25) is 5.02 Å². The van der Waals surface area contributed by atoms with Gasteiger partial charge in [0.2, 0.25) is 0 Å². The van der Waals surface area contributed by atoms with E-state index in [-0.39, 0.29) is 17.0 Å². The van der Waals surface area contributed by atoms with Crippen LogP contribution < -0.4 is 14.8 Å². The Hall–Kier alpha value is -3.03. The second-order valence-electron chi connectivity index (χ2n) is 5.29. The Morgan fingerprint density at radius 1 is 1.12 bits per heavy atom. The maximum atomic E-state index is 12.2. The lowest BCUT2D eigenvalue weighted by Gasteiger charge is -1.94. The normalized spacial score (nSPS) is 12.3. The van der Waals surface area contributed by atoms with Gasteiger partial charge in [-0.3, -0.25) is 19.7 Å². The molecule has 2 aromatic carbocycles. The topological polar surface area (TPSA) is 93.1 Å². The fraction of sp³-hybridized carbons (Fsp3) is 0. The number of benzene rings is 2. The van der Waals surface area contributed by atoms with E-state index in [1.54, 1.807) is 42.5 Å². The first-order valence-corrected chi connectivity index (χ1v) is 8.59. The largest absolute Gasteiger partial charge is 0.313 e. The number of halogens is 1. The van der Waals surface area contributed by atoms with Crippen molar-refractivity contribution in [3.05, 3.63) is 94.3 Å². The van der Waals surface area contributed by atoms with Gasteiger partial charge in [-0.2, -0.15) is 0 Å². The number of nitrogens with one attached hydrogen (secondary N) is 1. The second kappa shape index (κ2) is 7.47. The molecule has 0 aliphatic rings. The number of ketones is 1. The number of thiazole rings is 1. The molecule has 0 fully saturated rings. The molecule has 1 heterocycles. The van der Waals surface area contributed by atoms with E-state index in [1.165, 1.54) is 18.2 Å². The Bertz CT molecular complexity index is 1150. The average Bonchev–Trinajstić information content (AvgIpc) is 2.95. The number of non-ortho nitro benzene ring substituents is 1. The van der Waals surface area contributed by atoms with Crippen LogP contribution in [0.4, 0.5) is 5.69 Å². The summed E-state index contributed by atoms with van der Waals surface area (Å²) < 4.78 is 0.817.